The Kier molecular flexibility index (Phi) is 32.2. The third-order valence-electron chi connectivity index (χ3n) is 21.9. The molecule has 0 N–H and O–H groups in total. The second kappa shape index (κ2) is 40.9. The zero-order chi connectivity index (χ0) is 81.9. The summed E-state index contributed by atoms with van der Waals surface area (Å²) in [6.45, 7) is 62.6. The van der Waals surface area contributed by atoms with E-state index in [9.17, 15) is 0 Å². The van der Waals surface area contributed by atoms with Gasteiger partial charge in [-0.3, -0.25) is 19.9 Å². The molecule has 0 unspecified atom stereocenters. The third kappa shape index (κ3) is 21.7. The molecule has 588 valence electrons. The van der Waals surface area contributed by atoms with Gasteiger partial charge in [-0.15, -0.1) is 0 Å². The smallest absolute Gasteiger partial charge is 0.0739 e. The Labute approximate surface area is 677 Å². The van der Waals surface area contributed by atoms with Gasteiger partial charge in [0.15, 0.2) is 0 Å². The summed E-state index contributed by atoms with van der Waals surface area (Å²) >= 11 is 0. The van der Waals surface area contributed by atoms with Gasteiger partial charge in [-0.2, -0.15) is 0 Å². The molecule has 4 heteroatoms. The first kappa shape index (κ1) is 88.2. The third-order valence-corrected chi connectivity index (χ3v) is 21.9. The average Bonchev–Trinajstić information content (AvgIpc) is 0.843. The summed E-state index contributed by atoms with van der Waals surface area (Å²) in [7, 11) is 0. The quantitative estimate of drug-likeness (QED) is 0.109. The van der Waals surface area contributed by atoms with Gasteiger partial charge in [0.05, 0.1) is 22.4 Å². The number of pyridine rings is 4. The van der Waals surface area contributed by atoms with Crippen LogP contribution in [0.2, 0.25) is 0 Å². The van der Waals surface area contributed by atoms with Crippen LogP contribution in [-0.4, -0.2) is 19.9 Å². The van der Waals surface area contributed by atoms with Gasteiger partial charge >= 0.3 is 0 Å². The molecule has 0 saturated heterocycles. The summed E-state index contributed by atoms with van der Waals surface area (Å²) in [5, 5.41) is 16.5. The molecule has 0 radical (unpaired) electrons. The highest BCUT2D eigenvalue weighted by Gasteiger charge is 2.18. The molecule has 0 aliphatic rings. The maximum absolute atomic E-state index is 4.63. The molecule has 4 heterocycles. The van der Waals surface area contributed by atoms with Gasteiger partial charge in [0, 0.05) is 46.3 Å². The number of aromatic nitrogens is 4. The molecule has 0 atom stereocenters. The van der Waals surface area contributed by atoms with Crippen molar-refractivity contribution < 1.29 is 0 Å². The predicted octanol–water partition coefficient (Wildman–Crippen LogP) is 33.2. The molecule has 0 fully saturated rings. The van der Waals surface area contributed by atoms with E-state index < -0.39 is 0 Å². The van der Waals surface area contributed by atoms with Crippen molar-refractivity contribution in [3.63, 3.8) is 0 Å². The Balaban J connectivity index is 0.000000164. The molecule has 0 spiro atoms. The van der Waals surface area contributed by atoms with Gasteiger partial charge in [0.2, 0.25) is 0 Å². The molecule has 0 aliphatic carbocycles. The minimum Gasteiger partial charge on any atom is -0.260 e. The van der Waals surface area contributed by atoms with E-state index in [1.54, 1.807) is 0 Å². The van der Waals surface area contributed by atoms with Gasteiger partial charge in [-0.1, -0.05) is 388 Å². The molecular formula is C108H136N4. The molecular weight excluding hydrogens is 1350 g/mol. The van der Waals surface area contributed by atoms with Crippen LogP contribution in [0.5, 0.6) is 0 Å². The van der Waals surface area contributed by atoms with Gasteiger partial charge in [-0.25, -0.2) is 0 Å². The van der Waals surface area contributed by atoms with Crippen molar-refractivity contribution in [3.8, 4) is 0 Å². The zero-order valence-corrected chi connectivity index (χ0v) is 73.8. The fourth-order valence-electron chi connectivity index (χ4n) is 15.7. The van der Waals surface area contributed by atoms with Gasteiger partial charge in [0.1, 0.15) is 0 Å². The van der Waals surface area contributed by atoms with Crippen LogP contribution in [0, 0.1) is 0 Å². The minimum atomic E-state index is 0.478. The highest BCUT2D eigenvalue weighted by atomic mass is 14.7. The number of hydrogen-bond acceptors (Lipinski definition) is 4. The molecule has 4 nitrogen and oxygen atoms in total. The number of benzene rings is 10. The number of hydrogen-bond donors (Lipinski definition) is 0. The summed E-state index contributed by atoms with van der Waals surface area (Å²) in [5.74, 6) is 7.69. The molecule has 14 aromatic rings. The van der Waals surface area contributed by atoms with Gasteiger partial charge < -0.3 is 0 Å². The normalized spacial score (nSPS) is 11.6. The van der Waals surface area contributed by atoms with Crippen LogP contribution in [0.15, 0.2) is 231 Å². The standard InChI is InChI=1S/3C16H20.4C15H19N/c3*1-11(2)13-9-10-14(12(3)4)16-8-6-5-7-15(13)16;2*1-10(2)12-7-8-13(11(3)4)15-14(12)6-5-9-16-15;2*1-10(2)14-9-16-15(11(3)4)13-8-6-5-7-12(13)14/h3*5-12H,1-4H3;4*5-11H,1-4H3. The second-order valence-electron chi connectivity index (χ2n) is 35.1. The monoisotopic (exact) mass is 1490 g/mol. The first-order valence-corrected chi connectivity index (χ1v) is 42.3. The number of nitrogens with zero attached hydrogens (tertiary/aromatic N) is 4. The largest absolute Gasteiger partial charge is 0.260 e. The molecule has 10 aromatic carbocycles. The van der Waals surface area contributed by atoms with Crippen molar-refractivity contribution in [2.45, 2.75) is 277 Å². The molecule has 14 rings (SSSR count). The SMILES string of the molecule is CC(C)c1ccc(C(C)C)c2ccccc12.CC(C)c1ccc(C(C)C)c2ccccc12.CC(C)c1ccc(C(C)C)c2ccccc12.CC(C)c1ccc(C(C)C)c2ncccc12.CC(C)c1ccc(C(C)C)c2ncccc12.CC(C)c1cnc(C(C)C)c2ccccc12.CC(C)c1cnc(C(C)C)c2ccccc12. The molecule has 0 amide bonds. The molecule has 0 saturated carbocycles. The summed E-state index contributed by atoms with van der Waals surface area (Å²) in [6, 6.07) is 74.7. The van der Waals surface area contributed by atoms with E-state index in [2.05, 4.69) is 408 Å². The van der Waals surface area contributed by atoms with Crippen molar-refractivity contribution >= 4 is 75.7 Å². The van der Waals surface area contributed by atoms with Crippen molar-refractivity contribution in [1.82, 2.24) is 19.9 Å². The fourth-order valence-corrected chi connectivity index (χ4v) is 15.7. The van der Waals surface area contributed by atoms with E-state index in [4.69, 9.17) is 0 Å². The summed E-state index contributed by atoms with van der Waals surface area (Å²) < 4.78 is 0. The van der Waals surface area contributed by atoms with Crippen LogP contribution in [0.4, 0.5) is 0 Å². The van der Waals surface area contributed by atoms with Crippen LogP contribution < -0.4 is 0 Å². The Morgan fingerprint density at radius 1 is 0.143 bits per heavy atom. The van der Waals surface area contributed by atoms with Crippen LogP contribution in [0.25, 0.3) is 75.7 Å². The Hall–Kier alpha value is -9.38. The van der Waals surface area contributed by atoms with Crippen molar-refractivity contribution in [2.75, 3.05) is 0 Å². The zero-order valence-electron chi connectivity index (χ0n) is 73.8. The number of fused-ring (bicyclic) bond motifs is 7. The van der Waals surface area contributed by atoms with E-state index in [1.807, 2.05) is 36.9 Å². The molecule has 0 bridgehead atoms. The van der Waals surface area contributed by atoms with Crippen molar-refractivity contribution in [1.29, 1.82) is 0 Å². The van der Waals surface area contributed by atoms with E-state index in [0.29, 0.717) is 82.9 Å². The van der Waals surface area contributed by atoms with E-state index in [1.165, 1.54) is 154 Å². The van der Waals surface area contributed by atoms with Crippen molar-refractivity contribution in [3.05, 3.63) is 309 Å². The molecule has 0 aliphatic heterocycles. The lowest BCUT2D eigenvalue weighted by Crippen LogP contribution is -1.98. The Morgan fingerprint density at radius 3 is 0.491 bits per heavy atom. The van der Waals surface area contributed by atoms with Gasteiger partial charge in [0.25, 0.3) is 0 Å². The molecule has 112 heavy (non-hydrogen) atoms. The lowest BCUT2D eigenvalue weighted by Gasteiger charge is -2.15. The van der Waals surface area contributed by atoms with Crippen molar-refractivity contribution in [2.24, 2.45) is 0 Å². The first-order valence-electron chi connectivity index (χ1n) is 42.3. The van der Waals surface area contributed by atoms with Gasteiger partial charge in [-0.05, 0) is 205 Å². The fraction of sp³-hybridized carbons (Fsp3) is 0.389. The lowest BCUT2D eigenvalue weighted by molar-refractivity contribution is 0.818. The maximum atomic E-state index is 4.63. The minimum absolute atomic E-state index is 0.478. The van der Waals surface area contributed by atoms with Crippen LogP contribution in [0.1, 0.15) is 355 Å². The van der Waals surface area contributed by atoms with E-state index in [-0.39, 0.29) is 0 Å². The topological polar surface area (TPSA) is 51.6 Å². The lowest BCUT2D eigenvalue weighted by atomic mass is 9.89. The van der Waals surface area contributed by atoms with Crippen LogP contribution in [-0.2, 0) is 0 Å². The summed E-state index contributed by atoms with van der Waals surface area (Å²) in [6.07, 6.45) is 7.86. The predicted molar refractivity (Wildman–Crippen MR) is 496 cm³/mol. The maximum Gasteiger partial charge on any atom is 0.0739 e. The first-order chi connectivity index (χ1) is 53.3. The summed E-state index contributed by atoms with van der Waals surface area (Å²) in [4.78, 5) is 18.3. The van der Waals surface area contributed by atoms with E-state index in [0.717, 1.165) is 0 Å². The summed E-state index contributed by atoms with van der Waals surface area (Å²) in [5.41, 5.74) is 21.7. The average molecular weight is 1490 g/mol. The Bertz CT molecular complexity index is 4080. The highest BCUT2D eigenvalue weighted by Crippen LogP contribution is 2.38. The second-order valence-corrected chi connectivity index (χ2v) is 35.1. The molecule has 4 aromatic heterocycles. The Morgan fingerprint density at radius 2 is 0.304 bits per heavy atom. The van der Waals surface area contributed by atoms with Crippen LogP contribution in [0.3, 0.4) is 0 Å². The highest BCUT2D eigenvalue weighted by molar-refractivity contribution is 5.93. The van der Waals surface area contributed by atoms with Crippen LogP contribution >= 0.6 is 0 Å². The number of rotatable bonds is 14. The van der Waals surface area contributed by atoms with E-state index >= 15 is 0 Å².